The molecule has 2 aromatic rings. The van der Waals surface area contributed by atoms with Gasteiger partial charge >= 0.3 is 6.18 Å². The van der Waals surface area contributed by atoms with Crippen LogP contribution in [0, 0.1) is 11.8 Å². The lowest BCUT2D eigenvalue weighted by Gasteiger charge is -2.34. The number of piperidine rings is 2. The zero-order valence-corrected chi connectivity index (χ0v) is 19.6. The highest BCUT2D eigenvalue weighted by Crippen LogP contribution is 2.35. The summed E-state index contributed by atoms with van der Waals surface area (Å²) in [6.45, 7) is 3.30. The van der Waals surface area contributed by atoms with Crippen LogP contribution in [0.4, 0.5) is 30.2 Å². The molecule has 0 bridgehead atoms. The molecule has 2 N–H and O–H groups in total. The summed E-state index contributed by atoms with van der Waals surface area (Å²) in [5, 5.41) is 6.41. The first-order valence-corrected chi connectivity index (χ1v) is 12.0. The van der Waals surface area contributed by atoms with Crippen molar-refractivity contribution < 1.29 is 18.0 Å². The van der Waals surface area contributed by atoms with Crippen molar-refractivity contribution in [2.75, 3.05) is 43.4 Å². The Labute approximate surface area is 199 Å². The van der Waals surface area contributed by atoms with Gasteiger partial charge in [0.15, 0.2) is 0 Å². The van der Waals surface area contributed by atoms with E-state index in [1.165, 1.54) is 0 Å². The average molecular weight is 475 g/mol. The molecular weight excluding hydrogens is 441 g/mol. The molecule has 0 aliphatic carbocycles. The summed E-state index contributed by atoms with van der Waals surface area (Å²) in [6.07, 6.45) is -1.97. The van der Waals surface area contributed by atoms with Crippen molar-refractivity contribution in [1.29, 1.82) is 0 Å². The van der Waals surface area contributed by atoms with Crippen LogP contribution >= 0.6 is 0 Å². The second-order valence-corrected chi connectivity index (χ2v) is 9.47. The molecule has 5 nitrogen and oxygen atoms in total. The minimum absolute atomic E-state index is 0.108. The number of nitrogens with one attached hydrogen (secondary N) is 2. The molecule has 1 amide bonds. The van der Waals surface area contributed by atoms with Gasteiger partial charge in [0.05, 0.1) is 5.92 Å². The summed E-state index contributed by atoms with van der Waals surface area (Å²) < 4.78 is 38.6. The average Bonchev–Trinajstić information content (AvgIpc) is 2.84. The first kappa shape index (κ1) is 24.4. The maximum absolute atomic E-state index is 12.9. The maximum atomic E-state index is 12.9. The summed E-state index contributed by atoms with van der Waals surface area (Å²) in [5.41, 5.74) is 3.84. The van der Waals surface area contributed by atoms with E-state index in [0.717, 1.165) is 48.6 Å². The minimum atomic E-state index is -4.09. The van der Waals surface area contributed by atoms with E-state index < -0.39 is 12.1 Å². The largest absolute Gasteiger partial charge is 0.391 e. The standard InChI is InChI=1S/C26H33F3N4O/c1-32-14-10-20(11-15-32)25(34)30-18-19-2-4-22(5-3-19)31-23-6-8-24(9-7-23)33-16-12-21(13-17-33)26(27,28)29/h2-9,20-21,31H,10-18H2,1H3,(H,30,34). The molecule has 2 aliphatic rings. The van der Waals surface area contributed by atoms with Gasteiger partial charge in [-0.25, -0.2) is 0 Å². The number of hydrogen-bond donors (Lipinski definition) is 2. The molecule has 2 heterocycles. The number of alkyl halides is 3. The number of rotatable bonds is 6. The van der Waals surface area contributed by atoms with Crippen molar-refractivity contribution in [3.63, 3.8) is 0 Å². The van der Waals surface area contributed by atoms with Crippen molar-refractivity contribution in [3.8, 4) is 0 Å². The van der Waals surface area contributed by atoms with Gasteiger partial charge < -0.3 is 20.4 Å². The lowest BCUT2D eigenvalue weighted by Crippen LogP contribution is -2.38. The van der Waals surface area contributed by atoms with E-state index in [4.69, 9.17) is 0 Å². The molecule has 0 spiro atoms. The van der Waals surface area contributed by atoms with Gasteiger partial charge in [-0.1, -0.05) is 12.1 Å². The predicted octanol–water partition coefficient (Wildman–Crippen LogP) is 5.17. The van der Waals surface area contributed by atoms with Crippen LogP contribution in [0.15, 0.2) is 48.5 Å². The molecule has 0 saturated carbocycles. The molecule has 2 fully saturated rings. The second-order valence-electron chi connectivity index (χ2n) is 9.47. The molecule has 2 aromatic carbocycles. The fourth-order valence-corrected chi connectivity index (χ4v) is 4.70. The third-order valence-electron chi connectivity index (χ3n) is 6.99. The Kier molecular flexibility index (Phi) is 7.66. The van der Waals surface area contributed by atoms with Crippen molar-refractivity contribution in [2.24, 2.45) is 11.8 Å². The van der Waals surface area contributed by atoms with Crippen LogP contribution in [0.25, 0.3) is 0 Å². The number of anilines is 3. The maximum Gasteiger partial charge on any atom is 0.391 e. The highest BCUT2D eigenvalue weighted by molar-refractivity contribution is 5.78. The number of likely N-dealkylation sites (tertiary alicyclic amines) is 1. The number of halogens is 3. The SMILES string of the molecule is CN1CCC(C(=O)NCc2ccc(Nc3ccc(N4CCC(C(F)(F)F)CC4)cc3)cc2)CC1. The summed E-state index contributed by atoms with van der Waals surface area (Å²) in [6, 6.07) is 15.7. The number of nitrogens with zero attached hydrogens (tertiary/aromatic N) is 2. The number of carbonyl (C=O) groups is 1. The van der Waals surface area contributed by atoms with E-state index >= 15 is 0 Å². The van der Waals surface area contributed by atoms with Gasteiger partial charge in [-0.05, 0) is 87.8 Å². The van der Waals surface area contributed by atoms with Gasteiger partial charge in [0.2, 0.25) is 5.91 Å². The third-order valence-corrected chi connectivity index (χ3v) is 6.99. The first-order chi connectivity index (χ1) is 16.3. The molecule has 0 atom stereocenters. The van der Waals surface area contributed by atoms with Gasteiger partial charge in [0.1, 0.15) is 0 Å². The summed E-state index contributed by atoms with van der Waals surface area (Å²) in [4.78, 5) is 16.7. The lowest BCUT2D eigenvalue weighted by atomic mass is 9.96. The van der Waals surface area contributed by atoms with E-state index in [2.05, 4.69) is 22.6 Å². The number of amides is 1. The highest BCUT2D eigenvalue weighted by atomic mass is 19.4. The highest BCUT2D eigenvalue weighted by Gasteiger charge is 2.41. The van der Waals surface area contributed by atoms with Gasteiger partial charge in [-0.3, -0.25) is 4.79 Å². The molecule has 2 saturated heterocycles. The molecule has 4 rings (SSSR count). The summed E-state index contributed by atoms with van der Waals surface area (Å²) >= 11 is 0. The Morgan fingerprint density at radius 3 is 2.00 bits per heavy atom. The quantitative estimate of drug-likeness (QED) is 0.607. The number of benzene rings is 2. The lowest BCUT2D eigenvalue weighted by molar-refractivity contribution is -0.179. The van der Waals surface area contributed by atoms with Crippen LogP contribution in [-0.4, -0.2) is 50.2 Å². The van der Waals surface area contributed by atoms with E-state index in [1.807, 2.05) is 53.4 Å². The van der Waals surface area contributed by atoms with Gasteiger partial charge in [-0.15, -0.1) is 0 Å². The third kappa shape index (κ3) is 6.44. The fraction of sp³-hybridized carbons (Fsp3) is 0.500. The Morgan fingerprint density at radius 2 is 1.44 bits per heavy atom. The monoisotopic (exact) mass is 474 g/mol. The van der Waals surface area contributed by atoms with Crippen molar-refractivity contribution in [3.05, 3.63) is 54.1 Å². The van der Waals surface area contributed by atoms with E-state index in [0.29, 0.717) is 19.6 Å². The molecule has 0 radical (unpaired) electrons. The van der Waals surface area contributed by atoms with E-state index in [1.54, 1.807) is 0 Å². The summed E-state index contributed by atoms with van der Waals surface area (Å²) in [5.74, 6) is -0.940. The first-order valence-electron chi connectivity index (χ1n) is 12.0. The summed E-state index contributed by atoms with van der Waals surface area (Å²) in [7, 11) is 2.09. The second kappa shape index (κ2) is 10.7. The van der Waals surface area contributed by atoms with Crippen LogP contribution in [0.2, 0.25) is 0 Å². The number of carbonyl (C=O) groups excluding carboxylic acids is 1. The predicted molar refractivity (Wildman–Crippen MR) is 129 cm³/mol. The van der Waals surface area contributed by atoms with E-state index in [9.17, 15) is 18.0 Å². The van der Waals surface area contributed by atoms with Crippen molar-refractivity contribution in [2.45, 2.75) is 38.4 Å². The minimum Gasteiger partial charge on any atom is -0.372 e. The van der Waals surface area contributed by atoms with Crippen molar-refractivity contribution in [1.82, 2.24) is 10.2 Å². The molecule has 2 aliphatic heterocycles. The fourth-order valence-electron chi connectivity index (χ4n) is 4.70. The van der Waals surface area contributed by atoms with Gasteiger partial charge in [0.25, 0.3) is 0 Å². The zero-order valence-electron chi connectivity index (χ0n) is 19.6. The van der Waals surface area contributed by atoms with Gasteiger partial charge in [-0.2, -0.15) is 13.2 Å². The van der Waals surface area contributed by atoms with Crippen LogP contribution < -0.4 is 15.5 Å². The van der Waals surface area contributed by atoms with Crippen LogP contribution in [0.5, 0.6) is 0 Å². The molecule has 8 heteroatoms. The van der Waals surface area contributed by atoms with Crippen molar-refractivity contribution >= 4 is 23.0 Å². The zero-order chi connectivity index (χ0) is 24.1. The van der Waals surface area contributed by atoms with Gasteiger partial charge in [0, 0.05) is 42.6 Å². The van der Waals surface area contributed by atoms with Crippen LogP contribution in [0.1, 0.15) is 31.2 Å². The topological polar surface area (TPSA) is 47.6 Å². The Balaban J connectivity index is 1.24. The molecular formula is C26H33F3N4O. The smallest absolute Gasteiger partial charge is 0.372 e. The Bertz CT molecular complexity index is 930. The Morgan fingerprint density at radius 1 is 0.882 bits per heavy atom. The normalized spacial score (nSPS) is 18.6. The molecule has 0 aromatic heterocycles. The van der Waals surface area contributed by atoms with Crippen LogP contribution in [-0.2, 0) is 11.3 Å². The van der Waals surface area contributed by atoms with Crippen LogP contribution in [0.3, 0.4) is 0 Å². The molecule has 34 heavy (non-hydrogen) atoms. The van der Waals surface area contributed by atoms with E-state index in [-0.39, 0.29) is 24.7 Å². The molecule has 184 valence electrons. The molecule has 0 unspecified atom stereocenters. The number of hydrogen-bond acceptors (Lipinski definition) is 4. The Hall–Kier alpha value is -2.74.